The zero-order chi connectivity index (χ0) is 21.8. The summed E-state index contributed by atoms with van der Waals surface area (Å²) in [6.07, 6.45) is 0. The smallest absolute Gasteiger partial charge is 0.264 e. The van der Waals surface area contributed by atoms with Crippen molar-refractivity contribution in [2.75, 3.05) is 30.6 Å². The van der Waals surface area contributed by atoms with Crippen molar-refractivity contribution in [3.05, 3.63) is 81.0 Å². The molecule has 8 heteroatoms. The number of hydrogen-bond donors (Lipinski definition) is 0. The molecular weight excluding hydrogens is 452 g/mol. The van der Waals surface area contributed by atoms with Crippen molar-refractivity contribution in [1.82, 2.24) is 4.90 Å². The normalized spacial score (nSPS) is 15.2. The van der Waals surface area contributed by atoms with Crippen LogP contribution in [0.15, 0.2) is 64.9 Å². The van der Waals surface area contributed by atoms with Gasteiger partial charge in [0.15, 0.2) is 0 Å². The quantitative estimate of drug-likeness (QED) is 0.484. The second kappa shape index (κ2) is 9.71. The molecular formula is C23H25ClN2O3S2. The third kappa shape index (κ3) is 5.30. The summed E-state index contributed by atoms with van der Waals surface area (Å²) >= 11 is 7.64. The molecule has 2 aromatic carbocycles. The lowest BCUT2D eigenvalue weighted by molar-refractivity contribution is 0.0342. The predicted octanol–water partition coefficient (Wildman–Crippen LogP) is 4.94. The maximum Gasteiger partial charge on any atom is 0.264 e. The second-order valence-electron chi connectivity index (χ2n) is 7.56. The summed E-state index contributed by atoms with van der Waals surface area (Å²) in [6.45, 7) is 6.30. The van der Waals surface area contributed by atoms with Gasteiger partial charge in [0.05, 0.1) is 30.3 Å². The number of thiophene rings is 1. The summed E-state index contributed by atoms with van der Waals surface area (Å²) in [6, 6.07) is 16.1. The zero-order valence-corrected chi connectivity index (χ0v) is 19.7. The van der Waals surface area contributed by atoms with Gasteiger partial charge in [0, 0.05) is 29.5 Å². The molecule has 2 heterocycles. The molecule has 1 saturated heterocycles. The van der Waals surface area contributed by atoms with Gasteiger partial charge in [-0.2, -0.15) is 0 Å². The maximum absolute atomic E-state index is 13.6. The average Bonchev–Trinajstić information content (AvgIpc) is 3.20. The highest BCUT2D eigenvalue weighted by molar-refractivity contribution is 7.92. The Balaban J connectivity index is 1.63. The molecule has 0 atom stereocenters. The third-order valence-corrected chi connectivity index (χ3v) is 8.45. The van der Waals surface area contributed by atoms with Crippen LogP contribution in [0.4, 0.5) is 5.69 Å². The summed E-state index contributed by atoms with van der Waals surface area (Å²) in [5, 5.41) is 2.69. The molecule has 5 nitrogen and oxygen atoms in total. The van der Waals surface area contributed by atoms with Gasteiger partial charge in [0.2, 0.25) is 0 Å². The second-order valence-corrected chi connectivity index (χ2v) is 10.8. The van der Waals surface area contributed by atoms with Crippen molar-refractivity contribution in [2.45, 2.75) is 24.9 Å². The van der Waals surface area contributed by atoms with Crippen LogP contribution in [0.1, 0.15) is 16.0 Å². The Labute approximate surface area is 192 Å². The highest BCUT2D eigenvalue weighted by Crippen LogP contribution is 2.30. The molecule has 0 N–H and O–H groups in total. The largest absolute Gasteiger partial charge is 0.379 e. The van der Waals surface area contributed by atoms with Crippen molar-refractivity contribution in [3.63, 3.8) is 0 Å². The summed E-state index contributed by atoms with van der Waals surface area (Å²) < 4.78 is 34.2. The molecule has 0 aliphatic carbocycles. The van der Waals surface area contributed by atoms with E-state index in [2.05, 4.69) is 16.3 Å². The minimum Gasteiger partial charge on any atom is -0.379 e. The number of anilines is 1. The number of hydrogen-bond acceptors (Lipinski definition) is 5. The van der Waals surface area contributed by atoms with Gasteiger partial charge in [-0.25, -0.2) is 8.42 Å². The fourth-order valence-electron chi connectivity index (χ4n) is 3.64. The monoisotopic (exact) mass is 476 g/mol. The Morgan fingerprint density at radius 3 is 2.52 bits per heavy atom. The van der Waals surface area contributed by atoms with Gasteiger partial charge in [0.25, 0.3) is 10.0 Å². The standard InChI is InChI=1S/C23H25ClN2O3S2/c1-18-4-2-3-5-23(18)31(27,28)26(21-8-6-20(24)7-9-21)16-22-14-19(17-30-22)15-25-10-12-29-13-11-25/h2-9,14,17H,10-13,15-16H2,1H3. The topological polar surface area (TPSA) is 49.9 Å². The number of nitrogens with zero attached hydrogens (tertiary/aromatic N) is 2. The van der Waals surface area contributed by atoms with Crippen LogP contribution in [-0.4, -0.2) is 39.6 Å². The van der Waals surface area contributed by atoms with Crippen molar-refractivity contribution in [2.24, 2.45) is 0 Å². The van der Waals surface area contributed by atoms with Gasteiger partial charge in [-0.05, 0) is 59.8 Å². The van der Waals surface area contributed by atoms with Crippen molar-refractivity contribution in [3.8, 4) is 0 Å². The van der Waals surface area contributed by atoms with Gasteiger partial charge in [-0.15, -0.1) is 11.3 Å². The van der Waals surface area contributed by atoms with Gasteiger partial charge in [-0.1, -0.05) is 29.8 Å². The summed E-state index contributed by atoms with van der Waals surface area (Å²) in [5.41, 5.74) is 2.52. The maximum atomic E-state index is 13.6. The van der Waals surface area contributed by atoms with E-state index in [4.69, 9.17) is 16.3 Å². The first-order valence-corrected chi connectivity index (χ1v) is 12.8. The van der Waals surface area contributed by atoms with E-state index in [9.17, 15) is 8.42 Å². The van der Waals surface area contributed by atoms with Crippen molar-refractivity contribution < 1.29 is 13.2 Å². The van der Waals surface area contributed by atoms with Gasteiger partial charge < -0.3 is 4.74 Å². The number of benzene rings is 2. The molecule has 1 aliphatic rings. The van der Waals surface area contributed by atoms with E-state index in [1.54, 1.807) is 47.7 Å². The fourth-order valence-corrected chi connectivity index (χ4v) is 6.39. The van der Waals surface area contributed by atoms with Gasteiger partial charge in [0.1, 0.15) is 0 Å². The molecule has 0 saturated carbocycles. The zero-order valence-electron chi connectivity index (χ0n) is 17.3. The van der Waals surface area contributed by atoms with E-state index < -0.39 is 10.0 Å². The summed E-state index contributed by atoms with van der Waals surface area (Å²) in [4.78, 5) is 3.67. The molecule has 3 aromatic rings. The number of sulfonamides is 1. The number of rotatable bonds is 7. The van der Waals surface area contributed by atoms with E-state index in [0.717, 1.165) is 43.3 Å². The molecule has 4 rings (SSSR count). The van der Waals surface area contributed by atoms with Crippen molar-refractivity contribution >= 4 is 38.6 Å². The van der Waals surface area contributed by atoms with Gasteiger partial charge in [-0.3, -0.25) is 9.21 Å². The van der Waals surface area contributed by atoms with Crippen LogP contribution in [0.2, 0.25) is 5.02 Å². The van der Waals surface area contributed by atoms with Crippen LogP contribution in [0, 0.1) is 6.92 Å². The summed E-state index contributed by atoms with van der Waals surface area (Å²) in [7, 11) is -3.74. The number of halogens is 1. The first kappa shape index (κ1) is 22.3. The Morgan fingerprint density at radius 1 is 1.10 bits per heavy atom. The lowest BCUT2D eigenvalue weighted by atomic mass is 10.2. The lowest BCUT2D eigenvalue weighted by Crippen LogP contribution is -2.35. The van der Waals surface area contributed by atoms with Crippen LogP contribution in [0.3, 0.4) is 0 Å². The molecule has 0 radical (unpaired) electrons. The molecule has 0 unspecified atom stereocenters. The SMILES string of the molecule is Cc1ccccc1S(=O)(=O)N(Cc1cc(CN2CCOCC2)cs1)c1ccc(Cl)cc1. The fraction of sp³-hybridized carbons (Fsp3) is 0.304. The van der Waals surface area contributed by atoms with E-state index in [1.165, 1.54) is 9.87 Å². The molecule has 0 bridgehead atoms. The first-order valence-electron chi connectivity index (χ1n) is 10.1. The lowest BCUT2D eigenvalue weighted by Gasteiger charge is -2.26. The first-order chi connectivity index (χ1) is 14.9. The molecule has 164 valence electrons. The number of ether oxygens (including phenoxy) is 1. The molecule has 31 heavy (non-hydrogen) atoms. The molecule has 1 aromatic heterocycles. The van der Waals surface area contributed by atoms with Crippen LogP contribution in [-0.2, 0) is 27.8 Å². The van der Waals surface area contributed by atoms with Crippen LogP contribution in [0.5, 0.6) is 0 Å². The van der Waals surface area contributed by atoms with Crippen molar-refractivity contribution in [1.29, 1.82) is 0 Å². The molecule has 0 spiro atoms. The molecule has 1 aliphatic heterocycles. The predicted molar refractivity (Wildman–Crippen MR) is 126 cm³/mol. The number of morpholine rings is 1. The Morgan fingerprint density at radius 2 is 1.81 bits per heavy atom. The van der Waals surface area contributed by atoms with E-state index in [1.807, 2.05) is 19.1 Å². The number of aryl methyl sites for hydroxylation is 1. The van der Waals surface area contributed by atoms with E-state index >= 15 is 0 Å². The third-order valence-electron chi connectivity index (χ3n) is 5.29. The van der Waals surface area contributed by atoms with E-state index in [-0.39, 0.29) is 6.54 Å². The summed E-state index contributed by atoms with van der Waals surface area (Å²) in [5.74, 6) is 0. The van der Waals surface area contributed by atoms with E-state index in [0.29, 0.717) is 15.6 Å². The van der Waals surface area contributed by atoms with Crippen LogP contribution in [0.25, 0.3) is 0 Å². The highest BCUT2D eigenvalue weighted by Gasteiger charge is 2.27. The minimum absolute atomic E-state index is 0.270. The highest BCUT2D eigenvalue weighted by atomic mass is 35.5. The Hall–Kier alpha value is -1.90. The molecule has 0 amide bonds. The van der Waals surface area contributed by atoms with Crippen LogP contribution >= 0.6 is 22.9 Å². The Kier molecular flexibility index (Phi) is 6.99. The minimum atomic E-state index is -3.74. The van der Waals surface area contributed by atoms with Gasteiger partial charge >= 0.3 is 0 Å². The average molecular weight is 477 g/mol. The molecule has 1 fully saturated rings. The Bertz CT molecular complexity index is 1120. The van der Waals surface area contributed by atoms with Crippen LogP contribution < -0.4 is 4.31 Å².